The molecule has 2 aromatic carbocycles. The molecule has 0 amide bonds. The van der Waals surface area contributed by atoms with Crippen LogP contribution in [0.3, 0.4) is 0 Å². The fraction of sp³-hybridized carbons (Fsp3) is 0.200. The van der Waals surface area contributed by atoms with E-state index in [0.717, 1.165) is 46.7 Å². The number of hydrogen-bond donors (Lipinski definition) is 0. The van der Waals surface area contributed by atoms with Crippen molar-refractivity contribution in [3.63, 3.8) is 0 Å². The van der Waals surface area contributed by atoms with Crippen LogP contribution in [0, 0.1) is 5.82 Å². The molecule has 0 saturated heterocycles. The second-order valence-corrected chi connectivity index (χ2v) is 7.87. The van der Waals surface area contributed by atoms with Crippen molar-refractivity contribution in [3.05, 3.63) is 89.5 Å². The van der Waals surface area contributed by atoms with Gasteiger partial charge in [0.2, 0.25) is 5.88 Å². The number of halogens is 1. The van der Waals surface area contributed by atoms with Gasteiger partial charge in [-0.1, -0.05) is 30.3 Å². The van der Waals surface area contributed by atoms with E-state index >= 15 is 0 Å². The predicted molar refractivity (Wildman–Crippen MR) is 118 cm³/mol. The van der Waals surface area contributed by atoms with Crippen molar-refractivity contribution in [2.24, 2.45) is 0 Å². The molecule has 0 aliphatic carbocycles. The van der Waals surface area contributed by atoms with E-state index in [-0.39, 0.29) is 5.82 Å². The molecule has 1 aliphatic rings. The minimum Gasteiger partial charge on any atom is -0.481 e. The van der Waals surface area contributed by atoms with Gasteiger partial charge in [0, 0.05) is 36.5 Å². The highest BCUT2D eigenvalue weighted by Crippen LogP contribution is 2.34. The highest BCUT2D eigenvalue weighted by molar-refractivity contribution is 5.67. The Morgan fingerprint density at radius 2 is 1.84 bits per heavy atom. The molecular weight excluding hydrogens is 391 g/mol. The Labute approximate surface area is 180 Å². The van der Waals surface area contributed by atoms with Crippen LogP contribution in [0.15, 0.2) is 66.9 Å². The van der Waals surface area contributed by atoms with Gasteiger partial charge < -0.3 is 4.74 Å². The molecule has 0 spiro atoms. The largest absolute Gasteiger partial charge is 0.481 e. The number of methoxy groups -OCH3 is 1. The quantitative estimate of drug-likeness (QED) is 0.473. The van der Waals surface area contributed by atoms with Crippen molar-refractivity contribution in [2.45, 2.75) is 19.6 Å². The van der Waals surface area contributed by atoms with Crippen LogP contribution < -0.4 is 4.74 Å². The molecule has 0 fully saturated rings. The summed E-state index contributed by atoms with van der Waals surface area (Å²) in [5.41, 5.74) is 6.81. The maximum absolute atomic E-state index is 14.7. The van der Waals surface area contributed by atoms with Crippen LogP contribution in [-0.2, 0) is 19.6 Å². The number of fused-ring (bicyclic) bond motifs is 1. The average Bonchev–Trinajstić information content (AvgIpc) is 3.29. The van der Waals surface area contributed by atoms with Crippen LogP contribution in [0.1, 0.15) is 16.8 Å². The SMILES string of the molecule is COc1cc(-c2cccc(Cn3nc4c(c3-c3ccccc3F)CN(C)C4)c2)ccn1. The molecule has 0 N–H and O–H groups in total. The molecule has 0 atom stereocenters. The molecule has 5 rings (SSSR count). The molecular formula is C25H23FN4O. The van der Waals surface area contributed by atoms with E-state index < -0.39 is 0 Å². The molecule has 1 aliphatic heterocycles. The fourth-order valence-corrected chi connectivity index (χ4v) is 4.22. The molecule has 2 aromatic heterocycles. The maximum atomic E-state index is 14.7. The third-order valence-corrected chi connectivity index (χ3v) is 5.65. The Balaban J connectivity index is 1.54. The Morgan fingerprint density at radius 1 is 1.00 bits per heavy atom. The van der Waals surface area contributed by atoms with Crippen LogP contribution in [0.5, 0.6) is 5.88 Å². The second-order valence-electron chi connectivity index (χ2n) is 7.87. The molecule has 0 bridgehead atoms. The van der Waals surface area contributed by atoms with Gasteiger partial charge in [0.25, 0.3) is 0 Å². The molecule has 156 valence electrons. The number of pyridine rings is 1. The van der Waals surface area contributed by atoms with Crippen LogP contribution in [0.2, 0.25) is 0 Å². The van der Waals surface area contributed by atoms with Gasteiger partial charge in [-0.05, 0) is 48.0 Å². The zero-order valence-electron chi connectivity index (χ0n) is 17.5. The first-order chi connectivity index (χ1) is 15.1. The lowest BCUT2D eigenvalue weighted by atomic mass is 10.0. The van der Waals surface area contributed by atoms with Crippen LogP contribution in [0.25, 0.3) is 22.4 Å². The summed E-state index contributed by atoms with van der Waals surface area (Å²) in [6.45, 7) is 2.12. The number of hydrogen-bond acceptors (Lipinski definition) is 4. The first kappa shape index (κ1) is 19.5. The minimum absolute atomic E-state index is 0.223. The van der Waals surface area contributed by atoms with E-state index in [1.807, 2.05) is 35.0 Å². The van der Waals surface area contributed by atoms with E-state index in [1.165, 1.54) is 6.07 Å². The van der Waals surface area contributed by atoms with Gasteiger partial charge in [-0.25, -0.2) is 9.37 Å². The Hall–Kier alpha value is -3.51. The van der Waals surface area contributed by atoms with E-state index in [4.69, 9.17) is 9.84 Å². The van der Waals surface area contributed by atoms with Crippen molar-refractivity contribution in [1.29, 1.82) is 0 Å². The van der Waals surface area contributed by atoms with E-state index in [0.29, 0.717) is 18.0 Å². The summed E-state index contributed by atoms with van der Waals surface area (Å²) >= 11 is 0. The summed E-state index contributed by atoms with van der Waals surface area (Å²) in [5, 5.41) is 4.86. The normalized spacial score (nSPS) is 13.4. The first-order valence-electron chi connectivity index (χ1n) is 10.2. The van der Waals surface area contributed by atoms with Crippen molar-refractivity contribution in [1.82, 2.24) is 19.7 Å². The van der Waals surface area contributed by atoms with Crippen LogP contribution in [-0.4, -0.2) is 33.8 Å². The molecule has 6 heteroatoms. The van der Waals surface area contributed by atoms with E-state index in [2.05, 4.69) is 35.1 Å². The van der Waals surface area contributed by atoms with Gasteiger partial charge in [-0.15, -0.1) is 0 Å². The van der Waals surface area contributed by atoms with Gasteiger partial charge >= 0.3 is 0 Å². The third-order valence-electron chi connectivity index (χ3n) is 5.65. The van der Waals surface area contributed by atoms with E-state index in [9.17, 15) is 4.39 Å². The fourth-order valence-electron chi connectivity index (χ4n) is 4.22. The smallest absolute Gasteiger partial charge is 0.213 e. The molecule has 31 heavy (non-hydrogen) atoms. The average molecular weight is 414 g/mol. The molecule has 4 aromatic rings. The Bertz CT molecular complexity index is 1250. The molecule has 5 nitrogen and oxygen atoms in total. The second kappa shape index (κ2) is 7.96. The lowest BCUT2D eigenvalue weighted by Crippen LogP contribution is -2.13. The molecule has 0 unspecified atom stereocenters. The van der Waals surface area contributed by atoms with Crippen molar-refractivity contribution >= 4 is 0 Å². The Morgan fingerprint density at radius 3 is 2.68 bits per heavy atom. The van der Waals surface area contributed by atoms with Gasteiger partial charge in [0.05, 0.1) is 25.0 Å². The topological polar surface area (TPSA) is 43.2 Å². The zero-order valence-corrected chi connectivity index (χ0v) is 17.5. The van der Waals surface area contributed by atoms with Crippen LogP contribution in [0.4, 0.5) is 4.39 Å². The maximum Gasteiger partial charge on any atom is 0.213 e. The number of ether oxygens (including phenoxy) is 1. The number of benzene rings is 2. The number of aromatic nitrogens is 3. The van der Waals surface area contributed by atoms with E-state index in [1.54, 1.807) is 19.4 Å². The lowest BCUT2D eigenvalue weighted by molar-refractivity contribution is 0.346. The van der Waals surface area contributed by atoms with Crippen LogP contribution >= 0.6 is 0 Å². The monoisotopic (exact) mass is 414 g/mol. The summed E-state index contributed by atoms with van der Waals surface area (Å²) in [4.78, 5) is 6.38. The number of rotatable bonds is 5. The summed E-state index contributed by atoms with van der Waals surface area (Å²) in [5.74, 6) is 0.357. The van der Waals surface area contributed by atoms with Gasteiger partial charge in [0.15, 0.2) is 0 Å². The van der Waals surface area contributed by atoms with Gasteiger partial charge in [-0.3, -0.25) is 9.58 Å². The zero-order chi connectivity index (χ0) is 21.4. The Kier molecular flexibility index (Phi) is 5.00. The standard InChI is InChI=1S/C25H23FN4O/c1-29-15-21-23(16-29)28-30(25(21)20-8-3-4-9-22(20)26)14-17-6-5-7-18(12-17)19-10-11-27-24(13-19)31-2/h3-13H,14-16H2,1-2H3. The summed E-state index contributed by atoms with van der Waals surface area (Å²) in [6, 6.07) is 19.1. The molecule has 3 heterocycles. The lowest BCUT2D eigenvalue weighted by Gasteiger charge is -2.14. The summed E-state index contributed by atoms with van der Waals surface area (Å²) in [7, 11) is 3.67. The predicted octanol–water partition coefficient (Wildman–Crippen LogP) is 4.75. The van der Waals surface area contributed by atoms with Crippen molar-refractivity contribution < 1.29 is 9.13 Å². The highest BCUT2D eigenvalue weighted by Gasteiger charge is 2.27. The summed E-state index contributed by atoms with van der Waals surface area (Å²) in [6.07, 6.45) is 1.74. The van der Waals surface area contributed by atoms with Gasteiger partial charge in [0.1, 0.15) is 5.82 Å². The number of nitrogens with zero attached hydrogens (tertiary/aromatic N) is 4. The minimum atomic E-state index is -0.223. The van der Waals surface area contributed by atoms with Gasteiger partial charge in [-0.2, -0.15) is 5.10 Å². The summed E-state index contributed by atoms with van der Waals surface area (Å²) < 4.78 is 21.9. The molecule has 0 radical (unpaired) electrons. The first-order valence-corrected chi connectivity index (χ1v) is 10.2. The van der Waals surface area contributed by atoms with Crippen molar-refractivity contribution in [2.75, 3.05) is 14.2 Å². The third kappa shape index (κ3) is 3.70. The highest BCUT2D eigenvalue weighted by atomic mass is 19.1. The van der Waals surface area contributed by atoms with Crippen molar-refractivity contribution in [3.8, 4) is 28.3 Å². The molecule has 0 saturated carbocycles.